The number of carbonyl (C=O) groups excluding carboxylic acids is 1. The fourth-order valence-corrected chi connectivity index (χ4v) is 1.30. The Morgan fingerprint density at radius 3 is 3.15 bits per heavy atom. The number of amides is 1. The summed E-state index contributed by atoms with van der Waals surface area (Å²) in [6.07, 6.45) is 4.37. The van der Waals surface area contributed by atoms with Gasteiger partial charge in [-0.05, 0) is 12.5 Å². The molecule has 4 N–H and O–H groups in total. The number of hydrogen-bond acceptors (Lipinski definition) is 3. The molecule has 0 bridgehead atoms. The second kappa shape index (κ2) is 3.59. The van der Waals surface area contributed by atoms with Crippen LogP contribution in [-0.4, -0.2) is 23.6 Å². The molecule has 5 nitrogen and oxygen atoms in total. The van der Waals surface area contributed by atoms with Gasteiger partial charge >= 0.3 is 0 Å². The SMILES string of the molecule is O=C(NC1CCNN1)c1cc[nH]c1. The van der Waals surface area contributed by atoms with Gasteiger partial charge in [0.1, 0.15) is 0 Å². The molecule has 0 radical (unpaired) electrons. The Hall–Kier alpha value is -1.33. The lowest BCUT2D eigenvalue weighted by Crippen LogP contribution is -2.44. The number of carbonyl (C=O) groups is 1. The zero-order valence-electron chi connectivity index (χ0n) is 7.13. The topological polar surface area (TPSA) is 69.0 Å². The van der Waals surface area contributed by atoms with Crippen LogP contribution in [0.2, 0.25) is 0 Å². The van der Waals surface area contributed by atoms with Crippen LogP contribution >= 0.6 is 0 Å². The van der Waals surface area contributed by atoms with E-state index in [9.17, 15) is 4.79 Å². The van der Waals surface area contributed by atoms with Crippen molar-refractivity contribution in [2.75, 3.05) is 6.54 Å². The monoisotopic (exact) mass is 180 g/mol. The molecule has 13 heavy (non-hydrogen) atoms. The molecule has 1 atom stereocenters. The van der Waals surface area contributed by atoms with Gasteiger partial charge in [0, 0.05) is 18.9 Å². The van der Waals surface area contributed by atoms with Gasteiger partial charge in [-0.25, -0.2) is 5.43 Å². The van der Waals surface area contributed by atoms with Crippen LogP contribution in [0.15, 0.2) is 18.5 Å². The normalized spacial score (nSPS) is 21.7. The summed E-state index contributed by atoms with van der Waals surface area (Å²) in [5, 5.41) is 2.85. The lowest BCUT2D eigenvalue weighted by molar-refractivity contribution is 0.0932. The zero-order chi connectivity index (χ0) is 9.10. The molecule has 1 aromatic rings. The van der Waals surface area contributed by atoms with Crippen LogP contribution in [0.1, 0.15) is 16.8 Å². The number of aromatic nitrogens is 1. The maximum atomic E-state index is 11.5. The molecular formula is C8H12N4O. The van der Waals surface area contributed by atoms with Gasteiger partial charge in [-0.15, -0.1) is 0 Å². The van der Waals surface area contributed by atoms with E-state index in [4.69, 9.17) is 0 Å². The highest BCUT2D eigenvalue weighted by molar-refractivity contribution is 5.94. The summed E-state index contributed by atoms with van der Waals surface area (Å²) < 4.78 is 0. The number of rotatable bonds is 2. The van der Waals surface area contributed by atoms with Gasteiger partial charge in [-0.3, -0.25) is 10.2 Å². The Bertz CT molecular complexity index is 276. The Morgan fingerprint density at radius 1 is 1.62 bits per heavy atom. The second-order valence-corrected chi connectivity index (χ2v) is 2.99. The average molecular weight is 180 g/mol. The molecule has 1 unspecified atom stereocenters. The van der Waals surface area contributed by atoms with Gasteiger partial charge in [0.05, 0.1) is 11.7 Å². The summed E-state index contributed by atoms with van der Waals surface area (Å²) in [5.74, 6) is -0.0533. The summed E-state index contributed by atoms with van der Waals surface area (Å²) in [5.41, 5.74) is 6.57. The first-order valence-electron chi connectivity index (χ1n) is 4.28. The molecule has 1 aliphatic heterocycles. The van der Waals surface area contributed by atoms with Crippen LogP contribution in [-0.2, 0) is 0 Å². The number of aromatic amines is 1. The van der Waals surface area contributed by atoms with E-state index < -0.39 is 0 Å². The molecule has 1 fully saturated rings. The van der Waals surface area contributed by atoms with Gasteiger partial charge in [-0.1, -0.05) is 0 Å². The Kier molecular flexibility index (Phi) is 2.29. The van der Waals surface area contributed by atoms with E-state index in [1.54, 1.807) is 18.5 Å². The average Bonchev–Trinajstić information content (AvgIpc) is 2.74. The predicted octanol–water partition coefficient (Wildman–Crippen LogP) is -0.431. The van der Waals surface area contributed by atoms with Crippen molar-refractivity contribution in [3.63, 3.8) is 0 Å². The number of hydrogen-bond donors (Lipinski definition) is 4. The van der Waals surface area contributed by atoms with E-state index >= 15 is 0 Å². The molecule has 5 heteroatoms. The van der Waals surface area contributed by atoms with E-state index in [-0.39, 0.29) is 12.1 Å². The number of nitrogens with one attached hydrogen (secondary N) is 4. The van der Waals surface area contributed by atoms with E-state index in [1.165, 1.54) is 0 Å². The first-order chi connectivity index (χ1) is 6.36. The Morgan fingerprint density at radius 2 is 2.54 bits per heavy atom. The van der Waals surface area contributed by atoms with Crippen molar-refractivity contribution >= 4 is 5.91 Å². The molecule has 0 aliphatic carbocycles. The fourth-order valence-electron chi connectivity index (χ4n) is 1.30. The predicted molar refractivity (Wildman–Crippen MR) is 47.8 cm³/mol. The zero-order valence-corrected chi connectivity index (χ0v) is 7.13. The molecule has 2 rings (SSSR count). The van der Waals surface area contributed by atoms with Gasteiger partial charge in [0.2, 0.25) is 0 Å². The summed E-state index contributed by atoms with van der Waals surface area (Å²) >= 11 is 0. The first kappa shape index (κ1) is 8.28. The summed E-state index contributed by atoms with van der Waals surface area (Å²) in [6.45, 7) is 0.887. The van der Waals surface area contributed by atoms with Crippen LogP contribution in [0.4, 0.5) is 0 Å². The third-order valence-corrected chi connectivity index (χ3v) is 2.00. The highest BCUT2D eigenvalue weighted by Gasteiger charge is 2.16. The molecule has 1 aliphatic rings. The quantitative estimate of drug-likeness (QED) is 0.499. The molecule has 0 aromatic carbocycles. The number of H-pyrrole nitrogens is 1. The highest BCUT2D eigenvalue weighted by atomic mass is 16.1. The third-order valence-electron chi connectivity index (χ3n) is 2.00. The Balaban J connectivity index is 1.91. The molecular weight excluding hydrogens is 168 g/mol. The van der Waals surface area contributed by atoms with Crippen molar-refractivity contribution in [3.05, 3.63) is 24.0 Å². The van der Waals surface area contributed by atoms with Crippen molar-refractivity contribution in [2.45, 2.75) is 12.6 Å². The van der Waals surface area contributed by atoms with Gasteiger partial charge in [0.25, 0.3) is 5.91 Å². The summed E-state index contributed by atoms with van der Waals surface area (Å²) in [6, 6.07) is 1.75. The van der Waals surface area contributed by atoms with Crippen molar-refractivity contribution in [2.24, 2.45) is 0 Å². The minimum absolute atomic E-state index is 0.0439. The van der Waals surface area contributed by atoms with E-state index in [1.807, 2.05) is 0 Å². The maximum Gasteiger partial charge on any atom is 0.254 e. The minimum Gasteiger partial charge on any atom is -0.367 e. The molecule has 70 valence electrons. The molecule has 1 amide bonds. The summed E-state index contributed by atoms with van der Waals surface area (Å²) in [7, 11) is 0. The highest BCUT2D eigenvalue weighted by Crippen LogP contribution is 1.98. The van der Waals surface area contributed by atoms with Crippen molar-refractivity contribution in [3.8, 4) is 0 Å². The maximum absolute atomic E-state index is 11.5. The van der Waals surface area contributed by atoms with Crippen LogP contribution in [0, 0.1) is 0 Å². The van der Waals surface area contributed by atoms with Crippen LogP contribution in [0.3, 0.4) is 0 Å². The van der Waals surface area contributed by atoms with E-state index in [2.05, 4.69) is 21.2 Å². The molecule has 1 saturated heterocycles. The first-order valence-corrected chi connectivity index (χ1v) is 4.28. The second-order valence-electron chi connectivity index (χ2n) is 2.99. The third kappa shape index (κ3) is 1.88. The van der Waals surface area contributed by atoms with Crippen LogP contribution in [0.25, 0.3) is 0 Å². The standard InChI is InChI=1S/C8H12N4O/c13-8(6-1-3-9-5-6)11-7-2-4-10-12-7/h1,3,5,7,9-10,12H,2,4H2,(H,11,13). The minimum atomic E-state index is -0.0533. The number of hydrazine groups is 1. The van der Waals surface area contributed by atoms with Crippen molar-refractivity contribution < 1.29 is 4.79 Å². The molecule has 1 aromatic heterocycles. The van der Waals surface area contributed by atoms with Crippen molar-refractivity contribution in [1.29, 1.82) is 0 Å². The molecule has 0 saturated carbocycles. The van der Waals surface area contributed by atoms with Crippen LogP contribution in [0.5, 0.6) is 0 Å². The molecule has 0 spiro atoms. The van der Waals surface area contributed by atoms with E-state index in [0.717, 1.165) is 13.0 Å². The molecule has 2 heterocycles. The Labute approximate surface area is 75.9 Å². The fraction of sp³-hybridized carbons (Fsp3) is 0.375. The van der Waals surface area contributed by atoms with E-state index in [0.29, 0.717) is 5.56 Å². The van der Waals surface area contributed by atoms with Crippen molar-refractivity contribution in [1.82, 2.24) is 21.2 Å². The smallest absolute Gasteiger partial charge is 0.254 e. The van der Waals surface area contributed by atoms with Gasteiger partial charge in [0.15, 0.2) is 0 Å². The van der Waals surface area contributed by atoms with Gasteiger partial charge < -0.3 is 10.3 Å². The lowest BCUT2D eigenvalue weighted by Gasteiger charge is -2.10. The lowest BCUT2D eigenvalue weighted by atomic mass is 10.3. The largest absolute Gasteiger partial charge is 0.367 e. The summed E-state index contributed by atoms with van der Waals surface area (Å²) in [4.78, 5) is 14.3. The van der Waals surface area contributed by atoms with Gasteiger partial charge in [-0.2, -0.15) is 0 Å². The van der Waals surface area contributed by atoms with Crippen LogP contribution < -0.4 is 16.2 Å².